The van der Waals surface area contributed by atoms with E-state index in [1.54, 1.807) is 0 Å². The van der Waals surface area contributed by atoms with Gasteiger partial charge in [0.05, 0.1) is 18.1 Å². The van der Waals surface area contributed by atoms with E-state index in [1.807, 2.05) is 21.1 Å². The first-order valence-corrected chi connectivity index (χ1v) is 12.4. The van der Waals surface area contributed by atoms with Gasteiger partial charge >= 0.3 is 0 Å². The lowest BCUT2D eigenvalue weighted by atomic mass is 9.82. The third-order valence-corrected chi connectivity index (χ3v) is 8.69. The van der Waals surface area contributed by atoms with Crippen molar-refractivity contribution in [3.05, 3.63) is 46.8 Å². The number of hydrogen-bond donors (Lipinski definition) is 0. The molecule has 1 saturated carbocycles. The molecule has 0 bridgehead atoms. The Balaban J connectivity index is 1.17. The topological polar surface area (TPSA) is 49.9 Å². The fourth-order valence-electron chi connectivity index (χ4n) is 5.56. The zero-order valence-corrected chi connectivity index (χ0v) is 18.5. The molecule has 1 aromatic carbocycles. The van der Waals surface area contributed by atoms with Crippen LogP contribution in [0.5, 0.6) is 0 Å². The average molecular weight is 437 g/mol. The van der Waals surface area contributed by atoms with E-state index < -0.39 is 0 Å². The van der Waals surface area contributed by atoms with Crippen molar-refractivity contribution in [2.24, 2.45) is 5.92 Å². The second-order valence-electron chi connectivity index (χ2n) is 9.41. The second-order valence-corrected chi connectivity index (χ2v) is 10.5. The Labute approximate surface area is 187 Å². The summed E-state index contributed by atoms with van der Waals surface area (Å²) in [5.74, 6) is 0.176. The molecule has 3 fully saturated rings. The summed E-state index contributed by atoms with van der Waals surface area (Å²) in [7, 11) is 0. The number of ether oxygens (including phenoxy) is 1. The van der Waals surface area contributed by atoms with Crippen molar-refractivity contribution in [3.8, 4) is 10.4 Å². The van der Waals surface area contributed by atoms with Crippen LogP contribution in [-0.2, 0) is 26.3 Å². The number of likely N-dealkylation sites (tertiary alicyclic amines) is 2. The molecule has 1 atom stereocenters. The van der Waals surface area contributed by atoms with E-state index in [1.165, 1.54) is 20.9 Å². The molecule has 3 aliphatic heterocycles. The summed E-state index contributed by atoms with van der Waals surface area (Å²) >= 11 is 1.89. The molecule has 5 nitrogen and oxygen atoms in total. The van der Waals surface area contributed by atoms with Gasteiger partial charge in [0.25, 0.3) is 0 Å². The predicted octanol–water partition coefficient (Wildman–Crippen LogP) is 3.82. The van der Waals surface area contributed by atoms with Gasteiger partial charge in [0, 0.05) is 48.3 Å². The van der Waals surface area contributed by atoms with Crippen LogP contribution in [0, 0.1) is 5.92 Å². The number of fused-ring (bicyclic) bond motifs is 2. The second kappa shape index (κ2) is 7.45. The Bertz CT molecular complexity index is 1010. The summed E-state index contributed by atoms with van der Waals surface area (Å²) in [5.41, 5.74) is 2.33. The molecule has 1 aromatic heterocycles. The van der Waals surface area contributed by atoms with Crippen LogP contribution in [0.2, 0.25) is 0 Å². The van der Waals surface area contributed by atoms with Crippen molar-refractivity contribution < 1.29 is 14.3 Å². The minimum Gasteiger partial charge on any atom is -0.370 e. The minimum atomic E-state index is -0.264. The van der Waals surface area contributed by atoms with Crippen LogP contribution in [0.3, 0.4) is 0 Å². The van der Waals surface area contributed by atoms with Crippen LogP contribution in [0.4, 0.5) is 0 Å². The first-order chi connectivity index (χ1) is 15.1. The normalized spacial score (nSPS) is 25.2. The summed E-state index contributed by atoms with van der Waals surface area (Å²) in [4.78, 5) is 32.1. The summed E-state index contributed by atoms with van der Waals surface area (Å²) in [6, 6.07) is 13.3. The Kier molecular flexibility index (Phi) is 4.69. The highest BCUT2D eigenvalue weighted by Gasteiger charge is 2.46. The largest absolute Gasteiger partial charge is 0.370 e. The summed E-state index contributed by atoms with van der Waals surface area (Å²) in [6.07, 6.45) is 5.24. The first kappa shape index (κ1) is 19.5. The van der Waals surface area contributed by atoms with Gasteiger partial charge in [0.2, 0.25) is 11.8 Å². The lowest BCUT2D eigenvalue weighted by Gasteiger charge is -2.44. The maximum atomic E-state index is 13.1. The predicted molar refractivity (Wildman–Crippen MR) is 120 cm³/mol. The maximum absolute atomic E-state index is 13.1. The fourth-order valence-corrected chi connectivity index (χ4v) is 6.79. The lowest BCUT2D eigenvalue weighted by molar-refractivity contribution is -0.144. The van der Waals surface area contributed by atoms with E-state index in [0.29, 0.717) is 32.1 Å². The number of rotatable bonds is 3. The average Bonchev–Trinajstić information content (AvgIpc) is 3.42. The van der Waals surface area contributed by atoms with Crippen LogP contribution >= 0.6 is 11.3 Å². The number of carbonyl (C=O) groups is 2. The minimum absolute atomic E-state index is 0.157. The number of amides is 2. The molecule has 31 heavy (non-hydrogen) atoms. The molecule has 6 heteroatoms. The molecule has 1 aliphatic carbocycles. The Morgan fingerprint density at radius 1 is 1.13 bits per heavy atom. The van der Waals surface area contributed by atoms with Gasteiger partial charge in [-0.05, 0) is 42.9 Å². The Hall–Kier alpha value is -2.18. The maximum Gasteiger partial charge on any atom is 0.227 e. The number of benzene rings is 1. The number of carbonyl (C=O) groups excluding carboxylic acids is 2. The van der Waals surface area contributed by atoms with E-state index >= 15 is 0 Å². The van der Waals surface area contributed by atoms with E-state index in [4.69, 9.17) is 4.74 Å². The van der Waals surface area contributed by atoms with Gasteiger partial charge in [0.1, 0.15) is 0 Å². The van der Waals surface area contributed by atoms with Gasteiger partial charge < -0.3 is 14.5 Å². The first-order valence-electron chi connectivity index (χ1n) is 11.5. The molecule has 6 rings (SSSR count). The standard InChI is InChI=1S/C25H28N2O3S/c28-23-14-18(16-27(23)19-6-7-19)24(29)26-11-9-25(10-12-26)20-15-22(17-4-2-1-3-5-17)31-21(20)8-13-30-25/h1-5,15,18-19H,6-14,16H2. The number of piperidine rings is 1. The summed E-state index contributed by atoms with van der Waals surface area (Å²) in [5, 5.41) is 0. The highest BCUT2D eigenvalue weighted by atomic mass is 32.1. The van der Waals surface area contributed by atoms with Gasteiger partial charge in [-0.2, -0.15) is 0 Å². The van der Waals surface area contributed by atoms with Gasteiger partial charge in [-0.15, -0.1) is 11.3 Å². The molecular weight excluding hydrogens is 408 g/mol. The van der Waals surface area contributed by atoms with Gasteiger partial charge in [-0.25, -0.2) is 0 Å². The van der Waals surface area contributed by atoms with Crippen LogP contribution in [-0.4, -0.2) is 53.9 Å². The smallest absolute Gasteiger partial charge is 0.227 e. The van der Waals surface area contributed by atoms with E-state index in [2.05, 4.69) is 36.4 Å². The van der Waals surface area contributed by atoms with E-state index in [-0.39, 0.29) is 23.3 Å². The molecular formula is C25H28N2O3S. The van der Waals surface area contributed by atoms with Crippen LogP contribution in [0.25, 0.3) is 10.4 Å². The van der Waals surface area contributed by atoms with Gasteiger partial charge in [-0.1, -0.05) is 30.3 Å². The number of hydrogen-bond acceptors (Lipinski definition) is 4. The lowest BCUT2D eigenvalue weighted by Crippen LogP contribution is -2.49. The van der Waals surface area contributed by atoms with Crippen molar-refractivity contribution >= 4 is 23.2 Å². The molecule has 4 aliphatic rings. The third-order valence-electron chi connectivity index (χ3n) is 7.44. The van der Waals surface area contributed by atoms with Crippen molar-refractivity contribution in [1.82, 2.24) is 9.80 Å². The third kappa shape index (κ3) is 3.40. The molecule has 0 radical (unpaired) electrons. The van der Waals surface area contributed by atoms with Crippen molar-refractivity contribution in [3.63, 3.8) is 0 Å². The van der Waals surface area contributed by atoms with Crippen LogP contribution < -0.4 is 0 Å². The SMILES string of the molecule is O=C(C1CC(=O)N(C2CC2)C1)N1CCC2(CC1)OCCc1sc(-c3ccccc3)cc12. The fraction of sp³-hybridized carbons (Fsp3) is 0.520. The molecule has 162 valence electrons. The Morgan fingerprint density at radius 2 is 1.90 bits per heavy atom. The highest BCUT2D eigenvalue weighted by molar-refractivity contribution is 7.15. The zero-order chi connectivity index (χ0) is 21.0. The molecule has 2 saturated heterocycles. The number of nitrogens with zero attached hydrogens (tertiary/aromatic N) is 2. The van der Waals surface area contributed by atoms with Gasteiger partial charge in [-0.3, -0.25) is 9.59 Å². The molecule has 4 heterocycles. The van der Waals surface area contributed by atoms with Crippen molar-refractivity contribution in [2.45, 2.75) is 50.2 Å². The molecule has 1 unspecified atom stereocenters. The summed E-state index contributed by atoms with van der Waals surface area (Å²) in [6.45, 7) is 2.80. The quantitative estimate of drug-likeness (QED) is 0.735. The van der Waals surface area contributed by atoms with Crippen LogP contribution in [0.1, 0.15) is 42.5 Å². The Morgan fingerprint density at radius 3 is 2.65 bits per heavy atom. The monoisotopic (exact) mass is 436 g/mol. The molecule has 2 amide bonds. The van der Waals surface area contributed by atoms with Crippen LogP contribution in [0.15, 0.2) is 36.4 Å². The molecule has 2 aromatic rings. The molecule has 0 N–H and O–H groups in total. The number of thiophene rings is 1. The highest BCUT2D eigenvalue weighted by Crippen LogP contribution is 2.47. The molecule has 1 spiro atoms. The van der Waals surface area contributed by atoms with Crippen molar-refractivity contribution in [1.29, 1.82) is 0 Å². The zero-order valence-electron chi connectivity index (χ0n) is 17.7. The van der Waals surface area contributed by atoms with Crippen molar-refractivity contribution in [2.75, 3.05) is 26.2 Å². The summed E-state index contributed by atoms with van der Waals surface area (Å²) < 4.78 is 6.42. The van der Waals surface area contributed by atoms with E-state index in [9.17, 15) is 9.59 Å². The van der Waals surface area contributed by atoms with Gasteiger partial charge in [0.15, 0.2) is 0 Å². The van der Waals surface area contributed by atoms with E-state index in [0.717, 1.165) is 38.7 Å².